The predicted molar refractivity (Wildman–Crippen MR) is 170 cm³/mol. The van der Waals surface area contributed by atoms with Crippen LogP contribution in [0.15, 0.2) is 36.7 Å². The number of rotatable bonds is 11. The number of nitrogens with zero attached hydrogens (tertiary/aromatic N) is 7. The number of carbonyl (C=O) groups is 1. The highest BCUT2D eigenvalue weighted by Gasteiger charge is 2.54. The minimum absolute atomic E-state index is 0.0241. The number of aryl methyl sites for hydroxylation is 2. The highest BCUT2D eigenvalue weighted by atomic mass is 31.2. The summed E-state index contributed by atoms with van der Waals surface area (Å²) < 4.78 is 64.4. The molecule has 5 rings (SSSR count). The molecule has 0 radical (unpaired) electrons. The van der Waals surface area contributed by atoms with Crippen LogP contribution < -0.4 is 10.2 Å². The molecule has 0 bridgehead atoms. The van der Waals surface area contributed by atoms with E-state index in [-0.39, 0.29) is 46.5 Å². The molecule has 1 saturated carbocycles. The topological polar surface area (TPSA) is 189 Å². The molecule has 1 aromatic carbocycles. The van der Waals surface area contributed by atoms with Gasteiger partial charge in [0, 0.05) is 35.1 Å². The zero-order valence-electron chi connectivity index (χ0n) is 27.2. The number of amides is 1. The number of carbonyl (C=O) groups excluding carboxylic acids is 1. The van der Waals surface area contributed by atoms with E-state index in [9.17, 15) is 37.6 Å². The molecule has 14 nitrogen and oxygen atoms in total. The fourth-order valence-electron chi connectivity index (χ4n) is 5.36. The van der Waals surface area contributed by atoms with Gasteiger partial charge in [0.15, 0.2) is 0 Å². The Labute approximate surface area is 279 Å². The van der Waals surface area contributed by atoms with Gasteiger partial charge in [-0.05, 0) is 55.9 Å². The average Bonchev–Trinajstić information content (AvgIpc) is 3.68. The Balaban J connectivity index is 1.75. The first-order valence-electron chi connectivity index (χ1n) is 15.0. The van der Waals surface area contributed by atoms with Crippen molar-refractivity contribution in [3.8, 4) is 6.07 Å². The Morgan fingerprint density at radius 3 is 2.55 bits per heavy atom. The number of aromatic nitrogens is 5. The van der Waals surface area contributed by atoms with Crippen molar-refractivity contribution in [1.29, 1.82) is 5.26 Å². The first-order valence-corrected chi connectivity index (χ1v) is 16.5. The smallest absolute Gasteiger partial charge is 0.421 e. The van der Waals surface area contributed by atoms with E-state index in [0.29, 0.717) is 28.7 Å². The number of hydrogen-bond donors (Lipinski definition) is 3. The molecule has 0 spiro atoms. The van der Waals surface area contributed by atoms with Crippen molar-refractivity contribution in [2.75, 3.05) is 23.6 Å². The van der Waals surface area contributed by atoms with Crippen molar-refractivity contribution in [3.05, 3.63) is 70.7 Å². The third-order valence-corrected chi connectivity index (χ3v) is 8.44. The third kappa shape index (κ3) is 7.67. The van der Waals surface area contributed by atoms with Gasteiger partial charge < -0.3 is 19.8 Å². The van der Waals surface area contributed by atoms with E-state index in [1.165, 1.54) is 25.4 Å². The summed E-state index contributed by atoms with van der Waals surface area (Å²) in [4.78, 5) is 41.9. The van der Waals surface area contributed by atoms with Crippen LogP contribution in [0.2, 0.25) is 0 Å². The summed E-state index contributed by atoms with van der Waals surface area (Å²) in [6, 6.07) is 6.29. The number of alkyl halides is 2. The molecule has 260 valence electrons. The Bertz CT molecular complexity index is 1990. The van der Waals surface area contributed by atoms with Crippen molar-refractivity contribution in [2.24, 2.45) is 5.41 Å². The van der Waals surface area contributed by atoms with Crippen LogP contribution in [0, 0.1) is 36.5 Å². The predicted octanol–water partition coefficient (Wildman–Crippen LogP) is 5.86. The molecule has 3 heterocycles. The molecular formula is C31H34F3N8O6P. The van der Waals surface area contributed by atoms with Gasteiger partial charge in [0.25, 0.3) is 6.43 Å². The first kappa shape index (κ1) is 35.7. The van der Waals surface area contributed by atoms with Gasteiger partial charge in [0.2, 0.25) is 12.7 Å². The Morgan fingerprint density at radius 2 is 1.96 bits per heavy atom. The third-order valence-electron chi connectivity index (χ3n) is 8.00. The quantitative estimate of drug-likeness (QED) is 0.0961. The molecular weight excluding hydrogens is 668 g/mol. The standard InChI is InChI=1S/C31H34F3N8O6P/c1-17-10-20(11-22-25(17)36-13-19(12-35)26(22)37-15-30(3,4)5)42(29(43)47-16-48-49(44,45)46)27(21-6-7-24(32)38-18(21)2)23-14-41(40-39-23)31(8-9-31)28(33)34/h6-7,10-11,13-14,27-28H,8-9,15-16H2,1-5H3,(H,36,37)(H2,44,45,46)/t27-/m0/s1. The summed E-state index contributed by atoms with van der Waals surface area (Å²) in [5, 5.41) is 21.8. The molecule has 18 heteroatoms. The van der Waals surface area contributed by atoms with E-state index in [0.717, 1.165) is 15.6 Å². The molecule has 3 N–H and O–H groups in total. The first-order chi connectivity index (χ1) is 22.9. The van der Waals surface area contributed by atoms with E-state index < -0.39 is 44.7 Å². The number of ether oxygens (including phenoxy) is 1. The molecule has 0 aliphatic heterocycles. The number of halogens is 3. The van der Waals surface area contributed by atoms with Crippen LogP contribution in [-0.2, 0) is 19.4 Å². The number of phosphoric ester groups is 1. The fourth-order valence-corrected chi connectivity index (χ4v) is 5.55. The summed E-state index contributed by atoms with van der Waals surface area (Å²) >= 11 is 0. The molecule has 4 aromatic rings. The van der Waals surface area contributed by atoms with Gasteiger partial charge >= 0.3 is 13.9 Å². The SMILES string of the molecule is Cc1nc(F)ccc1[C@@H](c1cn(C2(C(F)F)CC2)nn1)N(C(=O)OCOP(=O)(O)O)c1cc(C)c2ncc(C#N)c(NCC(C)(C)C)c2c1. The lowest BCUT2D eigenvalue weighted by molar-refractivity contribution is 0.0427. The van der Waals surface area contributed by atoms with Crippen molar-refractivity contribution in [2.45, 2.75) is 65.5 Å². The Morgan fingerprint density at radius 1 is 1.24 bits per heavy atom. The lowest BCUT2D eigenvalue weighted by Crippen LogP contribution is -2.37. The van der Waals surface area contributed by atoms with Crippen molar-refractivity contribution >= 4 is 36.2 Å². The van der Waals surface area contributed by atoms with Crippen molar-refractivity contribution in [3.63, 3.8) is 0 Å². The van der Waals surface area contributed by atoms with Crippen LogP contribution in [-0.4, -0.2) is 60.6 Å². The molecule has 1 aliphatic rings. The van der Waals surface area contributed by atoms with Crippen LogP contribution in [0.5, 0.6) is 0 Å². The number of fused-ring (bicyclic) bond motifs is 1. The molecule has 1 aliphatic carbocycles. The highest BCUT2D eigenvalue weighted by molar-refractivity contribution is 7.46. The number of anilines is 2. The second-order valence-electron chi connectivity index (χ2n) is 13.0. The zero-order chi connectivity index (χ0) is 35.9. The summed E-state index contributed by atoms with van der Waals surface area (Å²) in [5.41, 5.74) is 0.305. The number of hydrogen-bond acceptors (Lipinski definition) is 10. The Hall–Kier alpha value is -4.62. The lowest BCUT2D eigenvalue weighted by Gasteiger charge is -2.31. The second-order valence-corrected chi connectivity index (χ2v) is 14.2. The minimum Gasteiger partial charge on any atom is -0.421 e. The van der Waals surface area contributed by atoms with Crippen LogP contribution in [0.4, 0.5) is 29.3 Å². The highest BCUT2D eigenvalue weighted by Crippen LogP contribution is 2.48. The monoisotopic (exact) mass is 702 g/mol. The molecule has 1 amide bonds. The normalized spacial score (nSPS) is 14.8. The summed E-state index contributed by atoms with van der Waals surface area (Å²) in [6.45, 7) is 8.47. The summed E-state index contributed by atoms with van der Waals surface area (Å²) in [5.74, 6) is -0.825. The molecule has 1 atom stereocenters. The van der Waals surface area contributed by atoms with Gasteiger partial charge in [-0.2, -0.15) is 9.65 Å². The lowest BCUT2D eigenvalue weighted by atomic mass is 9.96. The van der Waals surface area contributed by atoms with Crippen molar-refractivity contribution in [1.82, 2.24) is 25.0 Å². The number of pyridine rings is 2. The van der Waals surface area contributed by atoms with Crippen LogP contribution in [0.3, 0.4) is 0 Å². The van der Waals surface area contributed by atoms with Crippen LogP contribution >= 0.6 is 7.82 Å². The van der Waals surface area contributed by atoms with Crippen LogP contribution in [0.25, 0.3) is 10.9 Å². The minimum atomic E-state index is -5.06. The summed E-state index contributed by atoms with van der Waals surface area (Å²) in [7, 11) is -5.06. The fraction of sp³-hybridized carbons (Fsp3) is 0.419. The maximum Gasteiger partial charge on any atom is 0.472 e. The maximum atomic E-state index is 14.3. The number of nitrogens with one attached hydrogen (secondary N) is 1. The van der Waals surface area contributed by atoms with E-state index in [1.54, 1.807) is 19.1 Å². The van der Waals surface area contributed by atoms with Gasteiger partial charge in [-0.25, -0.2) is 32.3 Å². The van der Waals surface area contributed by atoms with E-state index in [4.69, 9.17) is 4.74 Å². The number of benzene rings is 1. The van der Waals surface area contributed by atoms with Gasteiger partial charge in [0.05, 0.1) is 23.0 Å². The molecule has 0 unspecified atom stereocenters. The van der Waals surface area contributed by atoms with Gasteiger partial charge in [0.1, 0.15) is 23.3 Å². The van der Waals surface area contributed by atoms with Gasteiger partial charge in [-0.15, -0.1) is 5.10 Å². The number of nitriles is 1. The largest absolute Gasteiger partial charge is 0.472 e. The molecule has 0 saturated heterocycles. The molecule has 49 heavy (non-hydrogen) atoms. The van der Waals surface area contributed by atoms with Crippen LogP contribution in [0.1, 0.15) is 67.7 Å². The summed E-state index contributed by atoms with van der Waals surface area (Å²) in [6.07, 6.45) is -0.995. The van der Waals surface area contributed by atoms with Crippen molar-refractivity contribution < 1.29 is 41.6 Å². The van der Waals surface area contributed by atoms with Gasteiger partial charge in [-0.3, -0.25) is 9.88 Å². The zero-order valence-corrected chi connectivity index (χ0v) is 28.1. The number of phosphoric acid groups is 1. The van der Waals surface area contributed by atoms with E-state index >= 15 is 0 Å². The second kappa shape index (κ2) is 13.4. The molecule has 3 aromatic heterocycles. The maximum absolute atomic E-state index is 14.3. The average molecular weight is 703 g/mol. The van der Waals surface area contributed by atoms with Gasteiger partial charge in [-0.1, -0.05) is 32.1 Å². The van der Waals surface area contributed by atoms with E-state index in [1.807, 2.05) is 20.8 Å². The van der Waals surface area contributed by atoms with E-state index in [2.05, 4.69) is 36.2 Å². The molecule has 1 fully saturated rings. The Kier molecular flexibility index (Phi) is 9.73.